The quantitative estimate of drug-likeness (QED) is 0.168. The predicted molar refractivity (Wildman–Crippen MR) is 179 cm³/mol. The number of hydrogen-bond donors (Lipinski definition) is 0. The highest BCUT2D eigenvalue weighted by Gasteiger charge is 2.39. The van der Waals surface area contributed by atoms with E-state index in [0.717, 1.165) is 4.47 Å². The zero-order chi connectivity index (χ0) is 27.5. The molecule has 1 aromatic heterocycles. The monoisotopic (exact) mass is 587 g/mol. The Morgan fingerprint density at radius 1 is 0.512 bits per heavy atom. The van der Waals surface area contributed by atoms with Gasteiger partial charge in [-0.05, 0) is 97.0 Å². The van der Waals surface area contributed by atoms with E-state index in [1.165, 1.54) is 82.1 Å². The molecule has 0 amide bonds. The molecule has 7 aromatic carbocycles. The van der Waals surface area contributed by atoms with Crippen LogP contribution in [0.4, 0.5) is 0 Å². The molecule has 0 saturated carbocycles. The standard InChI is InChI=1S/C39H26BrN/c1-39(2)35-22-32-28-15-9-7-13-26(28)25-12-6-8-14-27(25)31(32)21-33(35)29-17-18-30-34-20-23(40)16-19-36(34)41(38(30)37(29)39)24-10-4-3-5-11-24/h3-22H,1-2H3. The molecule has 8 aromatic rings. The van der Waals surface area contributed by atoms with Crippen LogP contribution in [0, 0.1) is 0 Å². The second-order valence-corrected chi connectivity index (χ2v) is 12.8. The molecule has 1 aliphatic carbocycles. The van der Waals surface area contributed by atoms with Crippen molar-refractivity contribution in [3.63, 3.8) is 0 Å². The SMILES string of the molecule is CC1(C)c2cc3c4ccccc4c4ccccc4c3cc2-c2ccc3c4cc(Br)ccc4n(-c4ccccc4)c3c21. The number of fused-ring (bicyclic) bond motifs is 13. The highest BCUT2D eigenvalue weighted by Crippen LogP contribution is 2.55. The van der Waals surface area contributed by atoms with Crippen molar-refractivity contribution in [2.75, 3.05) is 0 Å². The molecule has 0 spiro atoms. The van der Waals surface area contributed by atoms with E-state index < -0.39 is 0 Å². The molecule has 2 heteroatoms. The fourth-order valence-electron chi connectivity index (χ4n) is 7.61. The number of benzene rings is 7. The summed E-state index contributed by atoms with van der Waals surface area (Å²) in [6.07, 6.45) is 0. The van der Waals surface area contributed by atoms with Crippen molar-refractivity contribution in [2.24, 2.45) is 0 Å². The number of rotatable bonds is 1. The van der Waals surface area contributed by atoms with Gasteiger partial charge in [0.05, 0.1) is 11.0 Å². The Balaban J connectivity index is 1.46. The Morgan fingerprint density at radius 2 is 1.12 bits per heavy atom. The van der Waals surface area contributed by atoms with Crippen molar-refractivity contribution >= 4 is 70.1 Å². The van der Waals surface area contributed by atoms with Gasteiger partial charge in [-0.3, -0.25) is 0 Å². The van der Waals surface area contributed by atoms with Crippen LogP contribution >= 0.6 is 15.9 Å². The molecule has 0 saturated heterocycles. The summed E-state index contributed by atoms with van der Waals surface area (Å²) < 4.78 is 3.58. The Labute approximate surface area is 246 Å². The molecule has 41 heavy (non-hydrogen) atoms. The first-order valence-electron chi connectivity index (χ1n) is 14.2. The van der Waals surface area contributed by atoms with Gasteiger partial charge in [0, 0.05) is 26.3 Å². The zero-order valence-corrected chi connectivity index (χ0v) is 24.5. The van der Waals surface area contributed by atoms with Gasteiger partial charge < -0.3 is 4.57 Å². The lowest BCUT2D eigenvalue weighted by molar-refractivity contribution is 0.665. The lowest BCUT2D eigenvalue weighted by Gasteiger charge is -2.24. The number of hydrogen-bond acceptors (Lipinski definition) is 0. The van der Waals surface area contributed by atoms with Crippen molar-refractivity contribution in [3.8, 4) is 16.8 Å². The van der Waals surface area contributed by atoms with Crippen molar-refractivity contribution in [1.82, 2.24) is 4.57 Å². The van der Waals surface area contributed by atoms with Crippen LogP contribution in [0.3, 0.4) is 0 Å². The van der Waals surface area contributed by atoms with Gasteiger partial charge in [-0.2, -0.15) is 0 Å². The summed E-state index contributed by atoms with van der Waals surface area (Å²) in [5, 5.41) is 10.5. The summed E-state index contributed by atoms with van der Waals surface area (Å²) in [6, 6.07) is 44.9. The average Bonchev–Trinajstić information content (AvgIpc) is 3.45. The van der Waals surface area contributed by atoms with Crippen LogP contribution in [0.1, 0.15) is 25.0 Å². The fourth-order valence-corrected chi connectivity index (χ4v) is 7.97. The van der Waals surface area contributed by atoms with Crippen molar-refractivity contribution in [2.45, 2.75) is 19.3 Å². The Morgan fingerprint density at radius 3 is 1.80 bits per heavy atom. The maximum absolute atomic E-state index is 3.75. The smallest absolute Gasteiger partial charge is 0.0588 e. The maximum Gasteiger partial charge on any atom is 0.0588 e. The third-order valence-electron chi connectivity index (χ3n) is 9.38. The molecule has 0 unspecified atom stereocenters. The van der Waals surface area contributed by atoms with E-state index in [9.17, 15) is 0 Å². The average molecular weight is 589 g/mol. The molecule has 9 rings (SSSR count). The normalized spacial score (nSPS) is 13.9. The molecule has 0 fully saturated rings. The van der Waals surface area contributed by atoms with Crippen LogP contribution in [0.2, 0.25) is 0 Å². The molecule has 0 atom stereocenters. The van der Waals surface area contributed by atoms with Crippen LogP contribution in [-0.2, 0) is 5.41 Å². The summed E-state index contributed by atoms with van der Waals surface area (Å²) in [5.41, 5.74) is 9.06. The van der Waals surface area contributed by atoms with Gasteiger partial charge in [0.2, 0.25) is 0 Å². The second-order valence-electron chi connectivity index (χ2n) is 11.9. The Bertz CT molecular complexity index is 2390. The van der Waals surface area contributed by atoms with Crippen LogP contribution in [0.25, 0.3) is 70.9 Å². The zero-order valence-electron chi connectivity index (χ0n) is 22.9. The molecular weight excluding hydrogens is 562 g/mol. The van der Waals surface area contributed by atoms with Crippen LogP contribution in [-0.4, -0.2) is 4.57 Å². The second kappa shape index (κ2) is 8.09. The van der Waals surface area contributed by atoms with Gasteiger partial charge in [-0.1, -0.05) is 109 Å². The van der Waals surface area contributed by atoms with E-state index in [1.807, 2.05) is 0 Å². The van der Waals surface area contributed by atoms with E-state index in [0.29, 0.717) is 0 Å². The summed E-state index contributed by atoms with van der Waals surface area (Å²) in [6.45, 7) is 4.82. The van der Waals surface area contributed by atoms with Crippen molar-refractivity contribution in [1.29, 1.82) is 0 Å². The summed E-state index contributed by atoms with van der Waals surface area (Å²) in [4.78, 5) is 0. The van der Waals surface area contributed by atoms with Gasteiger partial charge >= 0.3 is 0 Å². The van der Waals surface area contributed by atoms with Gasteiger partial charge in [-0.25, -0.2) is 0 Å². The van der Waals surface area contributed by atoms with Crippen molar-refractivity contribution < 1.29 is 0 Å². The number of nitrogens with zero attached hydrogens (tertiary/aromatic N) is 1. The van der Waals surface area contributed by atoms with E-state index in [1.54, 1.807) is 0 Å². The number of halogens is 1. The van der Waals surface area contributed by atoms with Gasteiger partial charge in [0.25, 0.3) is 0 Å². The van der Waals surface area contributed by atoms with Crippen LogP contribution in [0.15, 0.2) is 126 Å². The molecule has 194 valence electrons. The summed E-state index contributed by atoms with van der Waals surface area (Å²) >= 11 is 3.75. The van der Waals surface area contributed by atoms with Crippen LogP contribution in [0.5, 0.6) is 0 Å². The topological polar surface area (TPSA) is 4.93 Å². The maximum atomic E-state index is 3.75. The molecule has 1 aliphatic rings. The van der Waals surface area contributed by atoms with Crippen LogP contribution < -0.4 is 0 Å². The lowest BCUT2D eigenvalue weighted by Crippen LogP contribution is -2.16. The first-order valence-corrected chi connectivity index (χ1v) is 15.0. The fraction of sp³-hybridized carbons (Fsp3) is 0.0769. The molecule has 0 bridgehead atoms. The van der Waals surface area contributed by atoms with E-state index >= 15 is 0 Å². The molecule has 1 heterocycles. The van der Waals surface area contributed by atoms with E-state index in [-0.39, 0.29) is 5.41 Å². The summed E-state index contributed by atoms with van der Waals surface area (Å²) in [7, 11) is 0. The first kappa shape index (κ1) is 23.3. The first-order chi connectivity index (χ1) is 20.0. The predicted octanol–water partition coefficient (Wildman–Crippen LogP) is 11.3. The highest BCUT2D eigenvalue weighted by atomic mass is 79.9. The number of aromatic nitrogens is 1. The molecule has 0 radical (unpaired) electrons. The molecular formula is C39H26BrN. The molecule has 0 N–H and O–H groups in total. The minimum absolute atomic E-state index is 0.177. The highest BCUT2D eigenvalue weighted by molar-refractivity contribution is 9.10. The Kier molecular flexibility index (Phi) is 4.60. The van der Waals surface area contributed by atoms with Crippen molar-refractivity contribution in [3.05, 3.63) is 137 Å². The molecule has 1 nitrogen and oxygen atoms in total. The minimum Gasteiger partial charge on any atom is -0.309 e. The van der Waals surface area contributed by atoms with E-state index in [2.05, 4.69) is 156 Å². The van der Waals surface area contributed by atoms with E-state index in [4.69, 9.17) is 0 Å². The molecule has 0 aliphatic heterocycles. The minimum atomic E-state index is -0.177. The van der Waals surface area contributed by atoms with Gasteiger partial charge in [0.15, 0.2) is 0 Å². The van der Waals surface area contributed by atoms with Gasteiger partial charge in [-0.15, -0.1) is 0 Å². The van der Waals surface area contributed by atoms with Gasteiger partial charge in [0.1, 0.15) is 0 Å². The third-order valence-corrected chi connectivity index (χ3v) is 9.87. The summed E-state index contributed by atoms with van der Waals surface area (Å²) in [5.74, 6) is 0. The number of para-hydroxylation sites is 1. The lowest BCUT2D eigenvalue weighted by atomic mass is 9.80. The third kappa shape index (κ3) is 3.01. The largest absolute Gasteiger partial charge is 0.309 e. The Hall–Kier alpha value is -4.40.